The zero-order valence-electron chi connectivity index (χ0n) is 13.2. The summed E-state index contributed by atoms with van der Waals surface area (Å²) in [7, 11) is 0. The lowest BCUT2D eigenvalue weighted by molar-refractivity contribution is -0.139. The van der Waals surface area contributed by atoms with Gasteiger partial charge in [-0.05, 0) is 25.5 Å². The number of urea groups is 1. The number of carbonyl (C=O) groups is 2. The van der Waals surface area contributed by atoms with Crippen molar-refractivity contribution in [1.29, 1.82) is 0 Å². The number of phenolic OH excluding ortho intramolecular Hbond substituents is 1. The number of carbonyl (C=O) groups excluding carboxylic acids is 1. The molecule has 1 saturated carbocycles. The van der Waals surface area contributed by atoms with Crippen molar-refractivity contribution in [3.63, 3.8) is 0 Å². The van der Waals surface area contributed by atoms with Crippen molar-refractivity contribution in [3.8, 4) is 5.75 Å². The van der Waals surface area contributed by atoms with Gasteiger partial charge in [-0.2, -0.15) is 0 Å². The normalized spacial score (nSPS) is 19.9. The van der Waals surface area contributed by atoms with Gasteiger partial charge < -0.3 is 20.8 Å². The Labute approximate surface area is 135 Å². The second-order valence-corrected chi connectivity index (χ2v) is 5.73. The van der Waals surface area contributed by atoms with Crippen molar-refractivity contribution in [2.75, 3.05) is 13.1 Å². The van der Waals surface area contributed by atoms with Crippen molar-refractivity contribution in [1.82, 2.24) is 15.5 Å². The maximum Gasteiger partial charge on any atom is 0.317 e. The second-order valence-electron chi connectivity index (χ2n) is 5.73. The molecule has 1 aromatic rings. The van der Waals surface area contributed by atoms with E-state index in [4.69, 9.17) is 5.11 Å². The van der Waals surface area contributed by atoms with Crippen molar-refractivity contribution in [2.45, 2.75) is 38.4 Å². The number of amides is 2. The molecule has 23 heavy (non-hydrogen) atoms. The van der Waals surface area contributed by atoms with Crippen molar-refractivity contribution >= 4 is 12.0 Å². The van der Waals surface area contributed by atoms with E-state index in [9.17, 15) is 14.7 Å². The van der Waals surface area contributed by atoms with E-state index < -0.39 is 5.97 Å². The van der Waals surface area contributed by atoms with Crippen LogP contribution in [0.2, 0.25) is 0 Å². The lowest BCUT2D eigenvalue weighted by atomic mass is 9.85. The third kappa shape index (κ3) is 4.85. The Kier molecular flexibility index (Phi) is 5.81. The van der Waals surface area contributed by atoms with E-state index in [1.165, 1.54) is 0 Å². The molecule has 0 saturated heterocycles. The summed E-state index contributed by atoms with van der Waals surface area (Å²) < 4.78 is 0. The molecule has 2 rings (SSSR count). The smallest absolute Gasteiger partial charge is 0.317 e. The fraction of sp³-hybridized carbons (Fsp3) is 0.500. The molecule has 0 aliphatic heterocycles. The molecule has 0 spiro atoms. The van der Waals surface area contributed by atoms with Crippen LogP contribution in [0.1, 0.15) is 25.3 Å². The molecule has 1 aliphatic carbocycles. The van der Waals surface area contributed by atoms with Gasteiger partial charge in [0.25, 0.3) is 0 Å². The van der Waals surface area contributed by atoms with Gasteiger partial charge in [0.15, 0.2) is 0 Å². The predicted octanol–water partition coefficient (Wildman–Crippen LogP) is 1.13. The van der Waals surface area contributed by atoms with Crippen LogP contribution in [0.25, 0.3) is 0 Å². The maximum atomic E-state index is 11.8. The van der Waals surface area contributed by atoms with Crippen LogP contribution in [0.5, 0.6) is 5.75 Å². The van der Waals surface area contributed by atoms with Crippen LogP contribution >= 0.6 is 0 Å². The molecule has 0 radical (unpaired) electrons. The number of para-hydroxylation sites is 1. The average molecular weight is 321 g/mol. The van der Waals surface area contributed by atoms with E-state index in [0.29, 0.717) is 12.1 Å². The SMILES string of the molecule is CCN(CC(=O)O)C1CC(NC(=O)NCc2ccccc2O)C1. The largest absolute Gasteiger partial charge is 0.508 e. The van der Waals surface area contributed by atoms with Crippen molar-refractivity contribution in [2.24, 2.45) is 0 Å². The number of nitrogens with one attached hydrogen (secondary N) is 2. The zero-order chi connectivity index (χ0) is 16.8. The molecule has 7 heteroatoms. The van der Waals surface area contributed by atoms with Crippen LogP contribution in [-0.4, -0.2) is 52.3 Å². The summed E-state index contributed by atoms with van der Waals surface area (Å²) in [6.45, 7) is 2.91. The minimum Gasteiger partial charge on any atom is -0.508 e. The molecule has 2 amide bonds. The number of benzene rings is 1. The molecule has 0 aromatic heterocycles. The first-order chi connectivity index (χ1) is 11.0. The van der Waals surface area contributed by atoms with E-state index in [1.54, 1.807) is 24.3 Å². The van der Waals surface area contributed by atoms with Crippen molar-refractivity contribution < 1.29 is 19.8 Å². The fourth-order valence-corrected chi connectivity index (χ4v) is 2.75. The standard InChI is InChI=1S/C16H23N3O4/c1-2-19(10-15(21)22)13-7-12(8-13)18-16(23)17-9-11-5-3-4-6-14(11)20/h3-6,12-13,20H,2,7-10H2,1H3,(H,21,22)(H2,17,18,23). The molecule has 4 N–H and O–H groups in total. The number of carboxylic acid groups (broad SMARTS) is 1. The molecule has 1 aromatic carbocycles. The van der Waals surface area contributed by atoms with Crippen LogP contribution in [0.3, 0.4) is 0 Å². The molecule has 1 aliphatic rings. The number of aliphatic carboxylic acids is 1. The number of carboxylic acids is 1. The Morgan fingerprint density at radius 2 is 2.00 bits per heavy atom. The maximum absolute atomic E-state index is 11.8. The summed E-state index contributed by atoms with van der Waals surface area (Å²) in [5, 5.41) is 24.1. The molecular weight excluding hydrogens is 298 g/mol. The Hall–Kier alpha value is -2.28. The van der Waals surface area contributed by atoms with Crippen LogP contribution < -0.4 is 10.6 Å². The number of hydrogen-bond acceptors (Lipinski definition) is 4. The number of aromatic hydroxyl groups is 1. The molecule has 0 heterocycles. The summed E-state index contributed by atoms with van der Waals surface area (Å²) in [4.78, 5) is 24.5. The number of rotatable bonds is 7. The lowest BCUT2D eigenvalue weighted by Gasteiger charge is -2.42. The third-order valence-electron chi connectivity index (χ3n) is 4.14. The summed E-state index contributed by atoms with van der Waals surface area (Å²) in [6.07, 6.45) is 1.51. The van der Waals surface area contributed by atoms with Crippen molar-refractivity contribution in [3.05, 3.63) is 29.8 Å². The van der Waals surface area contributed by atoms with Gasteiger partial charge in [0.05, 0.1) is 6.54 Å². The molecule has 0 atom stereocenters. The van der Waals surface area contributed by atoms with E-state index in [2.05, 4.69) is 10.6 Å². The Morgan fingerprint density at radius 3 is 2.61 bits per heavy atom. The van der Waals surface area contributed by atoms with Crippen LogP contribution in [-0.2, 0) is 11.3 Å². The summed E-state index contributed by atoms with van der Waals surface area (Å²) >= 11 is 0. The highest BCUT2D eigenvalue weighted by molar-refractivity contribution is 5.74. The van der Waals surface area contributed by atoms with Crippen LogP contribution in [0, 0.1) is 0 Å². The van der Waals surface area contributed by atoms with Gasteiger partial charge >= 0.3 is 12.0 Å². The van der Waals surface area contributed by atoms with E-state index >= 15 is 0 Å². The number of likely N-dealkylation sites (N-methyl/N-ethyl adjacent to an activating group) is 1. The highest BCUT2D eigenvalue weighted by atomic mass is 16.4. The predicted molar refractivity (Wildman–Crippen MR) is 85.2 cm³/mol. The molecule has 126 valence electrons. The highest BCUT2D eigenvalue weighted by Gasteiger charge is 2.34. The third-order valence-corrected chi connectivity index (χ3v) is 4.14. The Balaban J connectivity index is 1.70. The number of nitrogens with zero attached hydrogens (tertiary/aromatic N) is 1. The van der Waals surface area contributed by atoms with Gasteiger partial charge in [0.2, 0.25) is 0 Å². The van der Waals surface area contributed by atoms with Gasteiger partial charge in [0, 0.05) is 24.2 Å². The van der Waals surface area contributed by atoms with Gasteiger partial charge in [-0.1, -0.05) is 25.1 Å². The highest BCUT2D eigenvalue weighted by Crippen LogP contribution is 2.25. The first kappa shape index (κ1) is 17.1. The quantitative estimate of drug-likeness (QED) is 0.603. The first-order valence-corrected chi connectivity index (χ1v) is 7.76. The summed E-state index contributed by atoms with van der Waals surface area (Å²) in [5.74, 6) is -0.674. The Morgan fingerprint density at radius 1 is 1.30 bits per heavy atom. The van der Waals surface area contributed by atoms with Gasteiger partial charge in [-0.15, -0.1) is 0 Å². The number of phenols is 1. The lowest BCUT2D eigenvalue weighted by Crippen LogP contribution is -2.56. The summed E-state index contributed by atoms with van der Waals surface area (Å²) in [5.41, 5.74) is 0.660. The zero-order valence-corrected chi connectivity index (χ0v) is 13.2. The van der Waals surface area contributed by atoms with Gasteiger partial charge in [0.1, 0.15) is 5.75 Å². The van der Waals surface area contributed by atoms with E-state index in [-0.39, 0.29) is 37.0 Å². The van der Waals surface area contributed by atoms with Gasteiger partial charge in [-0.25, -0.2) is 4.79 Å². The van der Waals surface area contributed by atoms with E-state index in [0.717, 1.165) is 12.8 Å². The topological polar surface area (TPSA) is 102 Å². The molecule has 0 unspecified atom stereocenters. The Bertz CT molecular complexity index is 558. The molecule has 0 bridgehead atoms. The van der Waals surface area contributed by atoms with Gasteiger partial charge in [-0.3, -0.25) is 9.69 Å². The fourth-order valence-electron chi connectivity index (χ4n) is 2.75. The minimum absolute atomic E-state index is 0.0351. The van der Waals surface area contributed by atoms with E-state index in [1.807, 2.05) is 11.8 Å². The molecule has 1 fully saturated rings. The first-order valence-electron chi connectivity index (χ1n) is 7.76. The van der Waals surface area contributed by atoms with Crippen LogP contribution in [0.15, 0.2) is 24.3 Å². The minimum atomic E-state index is -0.830. The monoisotopic (exact) mass is 321 g/mol. The summed E-state index contributed by atoms with van der Waals surface area (Å²) in [6, 6.07) is 6.84. The number of hydrogen-bond donors (Lipinski definition) is 4. The average Bonchev–Trinajstić information content (AvgIpc) is 2.47. The van der Waals surface area contributed by atoms with Crippen LogP contribution in [0.4, 0.5) is 4.79 Å². The second kappa shape index (κ2) is 7.82. The molecular formula is C16H23N3O4. The molecule has 7 nitrogen and oxygen atoms in total.